The van der Waals surface area contributed by atoms with Crippen LogP contribution < -0.4 is 10.5 Å². The molecule has 0 atom stereocenters. The highest BCUT2D eigenvalue weighted by atomic mass is 32.2. The van der Waals surface area contributed by atoms with Crippen molar-refractivity contribution < 1.29 is 13.2 Å². The fourth-order valence-electron chi connectivity index (χ4n) is 1.86. The van der Waals surface area contributed by atoms with E-state index >= 15 is 0 Å². The smallest absolute Gasteiger partial charge is 0.182 e. The highest BCUT2D eigenvalue weighted by molar-refractivity contribution is 7.91. The Kier molecular flexibility index (Phi) is 4.29. The minimum Gasteiger partial charge on any atom is -0.493 e. The van der Waals surface area contributed by atoms with E-state index < -0.39 is 9.84 Å². The summed E-state index contributed by atoms with van der Waals surface area (Å²) in [4.78, 5) is 0.272. The molecule has 4 nitrogen and oxygen atoms in total. The van der Waals surface area contributed by atoms with E-state index in [-0.39, 0.29) is 17.3 Å². The quantitative estimate of drug-likeness (QED) is 0.859. The van der Waals surface area contributed by atoms with Crippen LogP contribution in [0.4, 0.5) is 5.69 Å². The first kappa shape index (κ1) is 14.4. The average Bonchev–Trinajstić information content (AvgIpc) is 2.42. The molecule has 106 valence electrons. The summed E-state index contributed by atoms with van der Waals surface area (Å²) in [6.45, 7) is 1.82. The second kappa shape index (κ2) is 5.96. The van der Waals surface area contributed by atoms with Gasteiger partial charge in [-0.15, -0.1) is 0 Å². The van der Waals surface area contributed by atoms with E-state index in [1.807, 2.05) is 18.2 Å². The van der Waals surface area contributed by atoms with Crippen LogP contribution in [0.5, 0.6) is 5.75 Å². The number of rotatable bonds is 5. The maximum Gasteiger partial charge on any atom is 0.182 e. The zero-order valence-electron chi connectivity index (χ0n) is 11.2. The number of hydrogen-bond donors (Lipinski definition) is 1. The molecule has 0 spiro atoms. The zero-order valence-corrected chi connectivity index (χ0v) is 12.1. The molecule has 0 unspecified atom stereocenters. The topological polar surface area (TPSA) is 69.4 Å². The molecule has 2 rings (SSSR count). The molecule has 0 fully saturated rings. The van der Waals surface area contributed by atoms with Crippen molar-refractivity contribution in [3.05, 3.63) is 54.1 Å². The number of para-hydroxylation sites is 1. The third kappa shape index (κ3) is 3.30. The van der Waals surface area contributed by atoms with Crippen LogP contribution >= 0.6 is 0 Å². The maximum absolute atomic E-state index is 12.3. The summed E-state index contributed by atoms with van der Waals surface area (Å²) in [5.74, 6) is 0.582. The van der Waals surface area contributed by atoms with Crippen molar-refractivity contribution in [1.82, 2.24) is 0 Å². The molecule has 20 heavy (non-hydrogen) atoms. The number of nitrogens with two attached hydrogens (primary N) is 1. The molecule has 2 N–H and O–H groups in total. The first-order chi connectivity index (χ1) is 9.50. The molecule has 0 saturated carbocycles. The highest BCUT2D eigenvalue weighted by Gasteiger charge is 2.18. The van der Waals surface area contributed by atoms with Gasteiger partial charge in [-0.3, -0.25) is 0 Å². The van der Waals surface area contributed by atoms with E-state index in [0.29, 0.717) is 17.0 Å². The standard InChI is InChI=1S/C15H17NO3S/c1-12-14(16)8-5-9-15(12)20(17,18)11-10-19-13-6-3-2-4-7-13/h2-9H,10-11,16H2,1H3. The van der Waals surface area contributed by atoms with Crippen molar-refractivity contribution in [3.8, 4) is 5.75 Å². The van der Waals surface area contributed by atoms with E-state index in [2.05, 4.69) is 0 Å². The van der Waals surface area contributed by atoms with E-state index in [1.165, 1.54) is 0 Å². The van der Waals surface area contributed by atoms with Gasteiger partial charge in [0.1, 0.15) is 12.4 Å². The van der Waals surface area contributed by atoms with Crippen molar-refractivity contribution in [1.29, 1.82) is 0 Å². The van der Waals surface area contributed by atoms with E-state index in [1.54, 1.807) is 37.3 Å². The van der Waals surface area contributed by atoms with Gasteiger partial charge >= 0.3 is 0 Å². The second-order valence-electron chi connectivity index (χ2n) is 4.45. The van der Waals surface area contributed by atoms with E-state index in [9.17, 15) is 8.42 Å². The minimum absolute atomic E-state index is 0.0772. The molecule has 0 aliphatic rings. The number of sulfone groups is 1. The molecular formula is C15H17NO3S. The maximum atomic E-state index is 12.3. The molecule has 0 amide bonds. The summed E-state index contributed by atoms with van der Waals surface area (Å²) in [7, 11) is -3.39. The van der Waals surface area contributed by atoms with Gasteiger partial charge in [-0.1, -0.05) is 24.3 Å². The normalized spacial score (nSPS) is 11.2. The lowest BCUT2D eigenvalue weighted by Gasteiger charge is -2.10. The Labute approximate surface area is 119 Å². The zero-order chi connectivity index (χ0) is 14.6. The van der Waals surface area contributed by atoms with Crippen molar-refractivity contribution in [2.75, 3.05) is 18.1 Å². The van der Waals surface area contributed by atoms with Gasteiger partial charge in [-0.2, -0.15) is 0 Å². The lowest BCUT2D eigenvalue weighted by atomic mass is 10.2. The predicted molar refractivity (Wildman–Crippen MR) is 79.6 cm³/mol. The van der Waals surface area contributed by atoms with Crippen molar-refractivity contribution in [2.24, 2.45) is 0 Å². The second-order valence-corrected chi connectivity index (χ2v) is 6.53. The van der Waals surface area contributed by atoms with Gasteiger partial charge < -0.3 is 10.5 Å². The lowest BCUT2D eigenvalue weighted by molar-refractivity contribution is 0.341. The van der Waals surface area contributed by atoms with Gasteiger partial charge in [0.25, 0.3) is 0 Å². The Morgan fingerprint density at radius 3 is 2.45 bits per heavy atom. The van der Waals surface area contributed by atoms with Crippen LogP contribution in [-0.4, -0.2) is 20.8 Å². The lowest BCUT2D eigenvalue weighted by Crippen LogP contribution is -2.15. The SMILES string of the molecule is Cc1c(N)cccc1S(=O)(=O)CCOc1ccccc1. The average molecular weight is 291 g/mol. The molecule has 0 aliphatic heterocycles. The minimum atomic E-state index is -3.39. The van der Waals surface area contributed by atoms with Gasteiger partial charge in [-0.25, -0.2) is 8.42 Å². The summed E-state index contributed by atoms with van der Waals surface area (Å²) in [6.07, 6.45) is 0. The molecule has 0 heterocycles. The molecule has 0 aromatic heterocycles. The molecule has 5 heteroatoms. The Hall–Kier alpha value is -2.01. The van der Waals surface area contributed by atoms with Crippen molar-refractivity contribution in [3.63, 3.8) is 0 Å². The largest absolute Gasteiger partial charge is 0.493 e. The number of ether oxygens (including phenoxy) is 1. The highest BCUT2D eigenvalue weighted by Crippen LogP contribution is 2.21. The Morgan fingerprint density at radius 1 is 1.05 bits per heavy atom. The molecule has 2 aromatic carbocycles. The first-order valence-corrected chi connectivity index (χ1v) is 7.91. The van der Waals surface area contributed by atoms with Gasteiger partial charge in [0.15, 0.2) is 9.84 Å². The summed E-state index contributed by atoms with van der Waals surface area (Å²) in [5, 5.41) is 0. The molecule has 2 aromatic rings. The number of anilines is 1. The van der Waals surface area contributed by atoms with Crippen LogP contribution in [0.3, 0.4) is 0 Å². The van der Waals surface area contributed by atoms with Crippen LogP contribution in [0.1, 0.15) is 5.56 Å². The third-order valence-electron chi connectivity index (χ3n) is 3.03. The van der Waals surface area contributed by atoms with Gasteiger partial charge in [-0.05, 0) is 36.8 Å². The van der Waals surface area contributed by atoms with Crippen molar-refractivity contribution in [2.45, 2.75) is 11.8 Å². The Morgan fingerprint density at radius 2 is 1.75 bits per heavy atom. The van der Waals surface area contributed by atoms with Gasteiger partial charge in [0.2, 0.25) is 0 Å². The summed E-state index contributed by atoms with van der Waals surface area (Å²) < 4.78 is 29.9. The molecule has 0 saturated heterocycles. The predicted octanol–water partition coefficient (Wildman–Crippen LogP) is 2.43. The third-order valence-corrected chi connectivity index (χ3v) is 4.84. The number of nitrogen functional groups attached to an aromatic ring is 1. The molecule has 0 aliphatic carbocycles. The van der Waals surface area contributed by atoms with E-state index in [4.69, 9.17) is 10.5 Å². The Bertz CT molecular complexity index is 682. The molecular weight excluding hydrogens is 274 g/mol. The summed E-state index contributed by atoms with van der Waals surface area (Å²) in [6, 6.07) is 14.0. The van der Waals surface area contributed by atoms with Crippen LogP contribution in [0.2, 0.25) is 0 Å². The number of hydrogen-bond acceptors (Lipinski definition) is 4. The summed E-state index contributed by atoms with van der Waals surface area (Å²) in [5.41, 5.74) is 6.81. The van der Waals surface area contributed by atoms with Crippen molar-refractivity contribution >= 4 is 15.5 Å². The van der Waals surface area contributed by atoms with Crippen LogP contribution in [0, 0.1) is 6.92 Å². The summed E-state index contributed by atoms with van der Waals surface area (Å²) >= 11 is 0. The van der Waals surface area contributed by atoms with Crippen LogP contribution in [0.25, 0.3) is 0 Å². The number of benzene rings is 2. The molecule has 0 bridgehead atoms. The van der Waals surface area contributed by atoms with E-state index in [0.717, 1.165) is 0 Å². The molecule has 0 radical (unpaired) electrons. The monoisotopic (exact) mass is 291 g/mol. The van der Waals surface area contributed by atoms with Crippen LogP contribution in [-0.2, 0) is 9.84 Å². The fourth-order valence-corrected chi connectivity index (χ4v) is 3.26. The fraction of sp³-hybridized carbons (Fsp3) is 0.200. The first-order valence-electron chi connectivity index (χ1n) is 6.26. The van der Waals surface area contributed by atoms with Gasteiger partial charge in [0, 0.05) is 5.69 Å². The Balaban J connectivity index is 2.06. The van der Waals surface area contributed by atoms with Crippen LogP contribution in [0.15, 0.2) is 53.4 Å². The van der Waals surface area contributed by atoms with Gasteiger partial charge in [0.05, 0.1) is 10.6 Å².